The van der Waals surface area contributed by atoms with Crippen molar-refractivity contribution in [3.8, 4) is 0 Å². The van der Waals surface area contributed by atoms with Crippen molar-refractivity contribution >= 4 is 5.97 Å². The Morgan fingerprint density at radius 2 is 2.20 bits per heavy atom. The number of rotatable bonds is 3. The monoisotopic (exact) mass is 219 g/mol. The summed E-state index contributed by atoms with van der Waals surface area (Å²) in [6.07, 6.45) is -2.46. The summed E-state index contributed by atoms with van der Waals surface area (Å²) < 4.78 is 37.6. The van der Waals surface area contributed by atoms with Crippen LogP contribution < -0.4 is 0 Å². The standard InChI is InChI=1S/C9H8F3NO2/c1-4-5(2-6(14)15)3-13-8(7(4)10)9(11)12/h3,9H,2H2,1H3,(H,14,15). The smallest absolute Gasteiger partial charge is 0.307 e. The number of carbonyl (C=O) groups is 1. The van der Waals surface area contributed by atoms with Crippen LogP contribution in [0.3, 0.4) is 0 Å². The average molecular weight is 219 g/mol. The number of hydrogen-bond acceptors (Lipinski definition) is 2. The van der Waals surface area contributed by atoms with E-state index in [0.29, 0.717) is 0 Å². The van der Waals surface area contributed by atoms with E-state index in [1.54, 1.807) is 0 Å². The second-order valence-electron chi connectivity index (χ2n) is 2.98. The van der Waals surface area contributed by atoms with E-state index in [-0.39, 0.29) is 11.1 Å². The fraction of sp³-hybridized carbons (Fsp3) is 0.333. The number of halogens is 3. The first-order chi connectivity index (χ1) is 6.93. The van der Waals surface area contributed by atoms with E-state index in [1.165, 1.54) is 6.92 Å². The molecule has 0 aliphatic rings. The molecule has 0 radical (unpaired) electrons. The average Bonchev–Trinajstić information content (AvgIpc) is 2.12. The van der Waals surface area contributed by atoms with Crippen molar-refractivity contribution in [3.63, 3.8) is 0 Å². The van der Waals surface area contributed by atoms with Gasteiger partial charge in [-0.1, -0.05) is 0 Å². The molecule has 1 rings (SSSR count). The van der Waals surface area contributed by atoms with E-state index in [1.807, 2.05) is 0 Å². The first-order valence-electron chi connectivity index (χ1n) is 4.07. The Labute approximate surface area is 83.6 Å². The quantitative estimate of drug-likeness (QED) is 0.846. The summed E-state index contributed by atoms with van der Waals surface area (Å²) >= 11 is 0. The van der Waals surface area contributed by atoms with Crippen molar-refractivity contribution in [2.24, 2.45) is 0 Å². The second-order valence-corrected chi connectivity index (χ2v) is 2.98. The van der Waals surface area contributed by atoms with Gasteiger partial charge in [-0.3, -0.25) is 9.78 Å². The zero-order valence-electron chi connectivity index (χ0n) is 7.80. The molecule has 0 aromatic carbocycles. The van der Waals surface area contributed by atoms with Gasteiger partial charge < -0.3 is 5.11 Å². The number of pyridine rings is 1. The van der Waals surface area contributed by atoms with Crippen molar-refractivity contribution in [1.82, 2.24) is 4.98 Å². The molecule has 0 aliphatic heterocycles. The molecule has 0 fully saturated rings. The molecular weight excluding hydrogens is 211 g/mol. The predicted octanol–water partition coefficient (Wildman–Crippen LogP) is 2.09. The summed E-state index contributed by atoms with van der Waals surface area (Å²) in [7, 11) is 0. The Morgan fingerprint density at radius 1 is 1.60 bits per heavy atom. The summed E-state index contributed by atoms with van der Waals surface area (Å²) in [4.78, 5) is 13.6. The van der Waals surface area contributed by atoms with Gasteiger partial charge in [0, 0.05) is 6.20 Å². The maximum absolute atomic E-state index is 13.2. The first-order valence-corrected chi connectivity index (χ1v) is 4.07. The van der Waals surface area contributed by atoms with Gasteiger partial charge in [0.1, 0.15) is 5.69 Å². The van der Waals surface area contributed by atoms with Gasteiger partial charge >= 0.3 is 5.97 Å². The van der Waals surface area contributed by atoms with Crippen LogP contribution in [-0.4, -0.2) is 16.1 Å². The van der Waals surface area contributed by atoms with Gasteiger partial charge in [0.05, 0.1) is 6.42 Å². The summed E-state index contributed by atoms with van der Waals surface area (Å²) in [5.41, 5.74) is -0.936. The van der Waals surface area contributed by atoms with E-state index >= 15 is 0 Å². The van der Waals surface area contributed by atoms with Crippen molar-refractivity contribution in [1.29, 1.82) is 0 Å². The minimum Gasteiger partial charge on any atom is -0.481 e. The molecule has 1 N–H and O–H groups in total. The maximum Gasteiger partial charge on any atom is 0.307 e. The fourth-order valence-electron chi connectivity index (χ4n) is 1.13. The Morgan fingerprint density at radius 3 is 2.67 bits per heavy atom. The number of alkyl halides is 2. The zero-order valence-corrected chi connectivity index (χ0v) is 7.80. The van der Waals surface area contributed by atoms with Crippen LogP contribution in [0.5, 0.6) is 0 Å². The summed E-state index contributed by atoms with van der Waals surface area (Å²) in [5, 5.41) is 8.46. The molecule has 15 heavy (non-hydrogen) atoms. The molecule has 0 saturated heterocycles. The van der Waals surface area contributed by atoms with Gasteiger partial charge in [-0.05, 0) is 18.1 Å². The van der Waals surface area contributed by atoms with Crippen molar-refractivity contribution in [2.75, 3.05) is 0 Å². The van der Waals surface area contributed by atoms with Crippen LogP contribution in [0, 0.1) is 12.7 Å². The van der Waals surface area contributed by atoms with E-state index in [9.17, 15) is 18.0 Å². The van der Waals surface area contributed by atoms with E-state index in [2.05, 4.69) is 4.98 Å². The molecular formula is C9H8F3NO2. The summed E-state index contributed by atoms with van der Waals surface area (Å²) in [6, 6.07) is 0. The molecule has 0 atom stereocenters. The molecule has 0 saturated carbocycles. The van der Waals surface area contributed by atoms with Crippen molar-refractivity contribution in [2.45, 2.75) is 19.8 Å². The zero-order chi connectivity index (χ0) is 11.6. The second kappa shape index (κ2) is 4.29. The number of carboxylic acids is 1. The third kappa shape index (κ3) is 2.45. The van der Waals surface area contributed by atoms with Crippen LogP contribution in [0.25, 0.3) is 0 Å². The highest BCUT2D eigenvalue weighted by Gasteiger charge is 2.19. The molecule has 1 aromatic heterocycles. The molecule has 0 unspecified atom stereocenters. The van der Waals surface area contributed by atoms with Crippen LogP contribution in [0.2, 0.25) is 0 Å². The third-order valence-electron chi connectivity index (χ3n) is 1.94. The Kier molecular flexibility index (Phi) is 3.28. The summed E-state index contributed by atoms with van der Waals surface area (Å²) in [6.45, 7) is 1.25. The van der Waals surface area contributed by atoms with Crippen LogP contribution in [-0.2, 0) is 11.2 Å². The van der Waals surface area contributed by atoms with Gasteiger partial charge in [0.2, 0.25) is 0 Å². The molecule has 3 nitrogen and oxygen atoms in total. The lowest BCUT2D eigenvalue weighted by Gasteiger charge is -2.07. The Bertz CT molecular complexity index is 393. The largest absolute Gasteiger partial charge is 0.481 e. The van der Waals surface area contributed by atoms with Crippen LogP contribution in [0.15, 0.2) is 6.20 Å². The minimum atomic E-state index is -3.00. The highest BCUT2D eigenvalue weighted by molar-refractivity contribution is 5.70. The number of nitrogens with zero attached hydrogens (tertiary/aromatic N) is 1. The highest BCUT2D eigenvalue weighted by atomic mass is 19.3. The molecule has 6 heteroatoms. The molecule has 0 bridgehead atoms. The fourth-order valence-corrected chi connectivity index (χ4v) is 1.13. The van der Waals surface area contributed by atoms with Gasteiger partial charge in [-0.15, -0.1) is 0 Å². The van der Waals surface area contributed by atoms with Crippen molar-refractivity contribution in [3.05, 3.63) is 28.8 Å². The van der Waals surface area contributed by atoms with E-state index < -0.39 is 30.3 Å². The first kappa shape index (κ1) is 11.5. The van der Waals surface area contributed by atoms with Gasteiger partial charge in [-0.2, -0.15) is 0 Å². The van der Waals surface area contributed by atoms with E-state index in [0.717, 1.165) is 6.20 Å². The normalized spacial score (nSPS) is 10.7. The maximum atomic E-state index is 13.2. The lowest BCUT2D eigenvalue weighted by Crippen LogP contribution is -2.07. The van der Waals surface area contributed by atoms with Crippen molar-refractivity contribution < 1.29 is 23.1 Å². The molecule has 1 heterocycles. The van der Waals surface area contributed by atoms with Gasteiger partial charge in [0.25, 0.3) is 6.43 Å². The molecule has 0 amide bonds. The third-order valence-corrected chi connectivity index (χ3v) is 1.94. The van der Waals surface area contributed by atoms with Crippen LogP contribution in [0.4, 0.5) is 13.2 Å². The minimum absolute atomic E-state index is 0.0947. The van der Waals surface area contributed by atoms with E-state index in [4.69, 9.17) is 5.11 Å². The predicted molar refractivity (Wildman–Crippen MR) is 45.2 cm³/mol. The van der Waals surface area contributed by atoms with Gasteiger partial charge in [-0.25, -0.2) is 13.2 Å². The Balaban J connectivity index is 3.15. The highest BCUT2D eigenvalue weighted by Crippen LogP contribution is 2.23. The Hall–Kier alpha value is -1.59. The number of carboxylic acid groups (broad SMARTS) is 1. The molecule has 0 aliphatic carbocycles. The van der Waals surface area contributed by atoms with Gasteiger partial charge in [0.15, 0.2) is 5.82 Å². The van der Waals surface area contributed by atoms with Crippen LogP contribution in [0.1, 0.15) is 23.2 Å². The summed E-state index contributed by atoms with van der Waals surface area (Å²) in [5.74, 6) is -2.30. The molecule has 82 valence electrons. The number of aliphatic carboxylic acids is 1. The lowest BCUT2D eigenvalue weighted by atomic mass is 10.1. The molecule has 1 aromatic rings. The van der Waals surface area contributed by atoms with Crippen LogP contribution >= 0.6 is 0 Å². The lowest BCUT2D eigenvalue weighted by molar-refractivity contribution is -0.136. The topological polar surface area (TPSA) is 50.2 Å². The SMILES string of the molecule is Cc1c(CC(=O)O)cnc(C(F)F)c1F. The number of aromatic nitrogens is 1. The molecule has 0 spiro atoms. The number of hydrogen-bond donors (Lipinski definition) is 1.